The highest BCUT2D eigenvalue weighted by molar-refractivity contribution is 6.15. The molecule has 4 rings (SSSR count). The fourth-order valence-corrected chi connectivity index (χ4v) is 4.18. The molecular weight excluding hydrogens is 374 g/mol. The van der Waals surface area contributed by atoms with Crippen molar-refractivity contribution in [2.45, 2.75) is 63.7 Å². The molecule has 2 atom stereocenters. The number of esters is 1. The molecule has 29 heavy (non-hydrogen) atoms. The van der Waals surface area contributed by atoms with E-state index in [0.717, 1.165) is 19.3 Å². The number of nitrogens with zero attached hydrogens (tertiary/aromatic N) is 2. The summed E-state index contributed by atoms with van der Waals surface area (Å²) in [5, 5.41) is 2.75. The smallest absolute Gasteiger partial charge is 0.354 e. The lowest BCUT2D eigenvalue weighted by Crippen LogP contribution is -2.69. The van der Waals surface area contributed by atoms with Crippen LogP contribution in [-0.4, -0.2) is 52.9 Å². The Bertz CT molecular complexity index is 881. The van der Waals surface area contributed by atoms with Gasteiger partial charge in [-0.2, -0.15) is 0 Å². The maximum Gasteiger partial charge on any atom is 0.354 e. The zero-order valence-corrected chi connectivity index (χ0v) is 16.6. The molecular formula is C21H25N3O5. The maximum atomic E-state index is 13.3. The summed E-state index contributed by atoms with van der Waals surface area (Å²) in [5.41, 5.74) is -0.675. The van der Waals surface area contributed by atoms with Crippen LogP contribution in [0.2, 0.25) is 0 Å². The molecule has 1 saturated carbocycles. The molecule has 1 saturated heterocycles. The molecule has 0 bridgehead atoms. The third kappa shape index (κ3) is 3.07. The number of benzene rings is 1. The van der Waals surface area contributed by atoms with Crippen molar-refractivity contribution >= 4 is 29.4 Å². The highest BCUT2D eigenvalue weighted by Gasteiger charge is 2.64. The van der Waals surface area contributed by atoms with Crippen molar-refractivity contribution in [3.63, 3.8) is 0 Å². The van der Waals surface area contributed by atoms with Gasteiger partial charge in [-0.3, -0.25) is 19.3 Å². The summed E-state index contributed by atoms with van der Waals surface area (Å²) in [6.45, 7) is 3.36. The monoisotopic (exact) mass is 399 g/mol. The number of fused-ring (bicyclic) bond motifs is 3. The molecule has 1 aromatic carbocycles. The molecule has 0 radical (unpaired) electrons. The maximum absolute atomic E-state index is 13.3. The van der Waals surface area contributed by atoms with Crippen LogP contribution in [0.25, 0.3) is 0 Å². The third-order valence-electron chi connectivity index (χ3n) is 5.89. The predicted molar refractivity (Wildman–Crippen MR) is 104 cm³/mol. The number of para-hydroxylation sites is 1. The van der Waals surface area contributed by atoms with Gasteiger partial charge in [0.05, 0.1) is 11.3 Å². The minimum absolute atomic E-state index is 0.0324. The molecule has 2 heterocycles. The van der Waals surface area contributed by atoms with E-state index in [0.29, 0.717) is 11.3 Å². The van der Waals surface area contributed by atoms with Crippen LogP contribution in [0.3, 0.4) is 0 Å². The van der Waals surface area contributed by atoms with Crippen LogP contribution >= 0.6 is 0 Å². The van der Waals surface area contributed by atoms with Gasteiger partial charge in [-0.1, -0.05) is 19.1 Å². The minimum atomic E-state index is -1.51. The number of carbonyl (C=O) groups excluding carboxylic acids is 4. The summed E-state index contributed by atoms with van der Waals surface area (Å²) in [6.07, 6.45) is 2.61. The Kier molecular flexibility index (Phi) is 4.80. The normalized spacial score (nSPS) is 24.1. The van der Waals surface area contributed by atoms with Crippen molar-refractivity contribution in [3.8, 4) is 0 Å². The zero-order valence-electron chi connectivity index (χ0n) is 16.6. The van der Waals surface area contributed by atoms with Crippen LogP contribution in [0.4, 0.5) is 5.69 Å². The van der Waals surface area contributed by atoms with E-state index in [-0.39, 0.29) is 36.7 Å². The second-order valence-electron chi connectivity index (χ2n) is 7.92. The van der Waals surface area contributed by atoms with Crippen molar-refractivity contribution in [1.29, 1.82) is 0 Å². The van der Waals surface area contributed by atoms with E-state index in [9.17, 15) is 19.2 Å². The van der Waals surface area contributed by atoms with Crippen LogP contribution in [0.15, 0.2) is 24.3 Å². The minimum Gasteiger partial charge on any atom is -0.452 e. The zero-order chi connectivity index (χ0) is 20.8. The Morgan fingerprint density at radius 2 is 2.00 bits per heavy atom. The van der Waals surface area contributed by atoms with Crippen LogP contribution in [0.1, 0.15) is 56.3 Å². The summed E-state index contributed by atoms with van der Waals surface area (Å²) in [4.78, 5) is 54.4. The highest BCUT2D eigenvalue weighted by atomic mass is 16.5. The molecule has 3 amide bonds. The van der Waals surface area contributed by atoms with Gasteiger partial charge in [-0.05, 0) is 38.3 Å². The first-order valence-corrected chi connectivity index (χ1v) is 10.1. The summed E-state index contributed by atoms with van der Waals surface area (Å²) >= 11 is 0. The SMILES string of the molecule is CC[C@@H](C)NC(=O)COC(=O)[C@@]12CCC(=O)N1c1ccccc1C(=O)N2C1CC1. The molecule has 0 unspecified atom stereocenters. The lowest BCUT2D eigenvalue weighted by atomic mass is 9.96. The van der Waals surface area contributed by atoms with Crippen LogP contribution in [0.5, 0.6) is 0 Å². The van der Waals surface area contributed by atoms with Crippen LogP contribution in [0, 0.1) is 0 Å². The van der Waals surface area contributed by atoms with Gasteiger partial charge in [0.25, 0.3) is 11.8 Å². The number of carbonyl (C=O) groups is 4. The van der Waals surface area contributed by atoms with Gasteiger partial charge in [0.1, 0.15) is 0 Å². The van der Waals surface area contributed by atoms with E-state index in [1.165, 1.54) is 9.80 Å². The Hall–Kier alpha value is -2.90. The van der Waals surface area contributed by atoms with E-state index in [1.807, 2.05) is 13.8 Å². The van der Waals surface area contributed by atoms with Gasteiger partial charge in [-0.15, -0.1) is 0 Å². The number of rotatable bonds is 6. The number of ether oxygens (including phenoxy) is 1. The van der Waals surface area contributed by atoms with Crippen LogP contribution < -0.4 is 10.2 Å². The lowest BCUT2D eigenvalue weighted by molar-refractivity contribution is -0.160. The molecule has 1 N–H and O–H groups in total. The van der Waals surface area contributed by atoms with Crippen molar-refractivity contribution in [3.05, 3.63) is 29.8 Å². The molecule has 3 aliphatic rings. The number of nitrogens with one attached hydrogen (secondary N) is 1. The Morgan fingerprint density at radius 1 is 1.28 bits per heavy atom. The van der Waals surface area contributed by atoms with Gasteiger partial charge in [0.2, 0.25) is 11.6 Å². The summed E-state index contributed by atoms with van der Waals surface area (Å²) in [7, 11) is 0. The summed E-state index contributed by atoms with van der Waals surface area (Å²) in [6, 6.07) is 6.69. The first-order chi connectivity index (χ1) is 13.9. The molecule has 0 spiro atoms. The number of hydrogen-bond acceptors (Lipinski definition) is 5. The quantitative estimate of drug-likeness (QED) is 0.733. The second-order valence-corrected chi connectivity index (χ2v) is 7.92. The first kappa shape index (κ1) is 19.4. The highest BCUT2D eigenvalue weighted by Crippen LogP contribution is 2.49. The Balaban J connectivity index is 1.67. The van der Waals surface area contributed by atoms with E-state index in [2.05, 4.69) is 5.32 Å². The van der Waals surface area contributed by atoms with Crippen molar-refractivity contribution in [2.75, 3.05) is 11.5 Å². The van der Waals surface area contributed by atoms with Gasteiger partial charge in [-0.25, -0.2) is 4.79 Å². The molecule has 8 nitrogen and oxygen atoms in total. The first-order valence-electron chi connectivity index (χ1n) is 10.1. The van der Waals surface area contributed by atoms with Gasteiger partial charge >= 0.3 is 5.97 Å². The largest absolute Gasteiger partial charge is 0.452 e. The van der Waals surface area contributed by atoms with Gasteiger partial charge in [0.15, 0.2) is 6.61 Å². The summed E-state index contributed by atoms with van der Waals surface area (Å²) < 4.78 is 5.37. The fraction of sp³-hybridized carbons (Fsp3) is 0.524. The number of hydrogen-bond donors (Lipinski definition) is 1. The van der Waals surface area contributed by atoms with E-state index in [4.69, 9.17) is 4.74 Å². The van der Waals surface area contributed by atoms with Gasteiger partial charge < -0.3 is 15.0 Å². The third-order valence-corrected chi connectivity index (χ3v) is 5.89. The topological polar surface area (TPSA) is 96.0 Å². The molecule has 1 aliphatic carbocycles. The molecule has 1 aromatic rings. The number of anilines is 1. The average molecular weight is 399 g/mol. The molecule has 154 valence electrons. The molecule has 0 aromatic heterocycles. The second kappa shape index (κ2) is 7.17. The van der Waals surface area contributed by atoms with Crippen molar-refractivity contribution < 1.29 is 23.9 Å². The summed E-state index contributed by atoms with van der Waals surface area (Å²) in [5.74, 6) is -1.62. The van der Waals surface area contributed by atoms with Crippen molar-refractivity contribution in [1.82, 2.24) is 10.2 Å². The molecule has 2 fully saturated rings. The van der Waals surface area contributed by atoms with E-state index < -0.39 is 24.1 Å². The van der Waals surface area contributed by atoms with Crippen molar-refractivity contribution in [2.24, 2.45) is 0 Å². The lowest BCUT2D eigenvalue weighted by Gasteiger charge is -2.48. The fourth-order valence-electron chi connectivity index (χ4n) is 4.18. The Morgan fingerprint density at radius 3 is 2.69 bits per heavy atom. The Labute approximate surface area is 169 Å². The van der Waals surface area contributed by atoms with E-state index in [1.54, 1.807) is 24.3 Å². The molecule has 8 heteroatoms. The molecule has 2 aliphatic heterocycles. The van der Waals surface area contributed by atoms with Gasteiger partial charge in [0, 0.05) is 24.9 Å². The predicted octanol–water partition coefficient (Wildman–Crippen LogP) is 1.59. The van der Waals surface area contributed by atoms with E-state index >= 15 is 0 Å². The van der Waals surface area contributed by atoms with Crippen LogP contribution in [-0.2, 0) is 19.1 Å². The average Bonchev–Trinajstić information content (AvgIpc) is 3.48. The number of amides is 3. The standard InChI is InChI=1S/C21H25N3O5/c1-3-13(2)22-17(25)12-29-20(28)21-11-10-18(26)24(21)16-7-5-4-6-15(16)19(27)23(21)14-8-9-14/h4-7,13-14H,3,8-12H2,1-2H3,(H,22,25)/t13-,21-/m1/s1.